The summed E-state index contributed by atoms with van der Waals surface area (Å²) < 4.78 is 1.18. The molecule has 0 bridgehead atoms. The maximum Gasteiger partial charge on any atom is 0.0186 e. The van der Waals surface area contributed by atoms with Gasteiger partial charge in [0.15, 0.2) is 0 Å². The van der Waals surface area contributed by atoms with Crippen molar-refractivity contribution < 1.29 is 0 Å². The Kier molecular flexibility index (Phi) is 4.95. The molecule has 1 fully saturated rings. The van der Waals surface area contributed by atoms with Crippen LogP contribution in [0.25, 0.3) is 0 Å². The molecule has 3 unspecified atom stereocenters. The van der Waals surface area contributed by atoms with Gasteiger partial charge in [0.25, 0.3) is 0 Å². The number of halogens is 1. The van der Waals surface area contributed by atoms with Crippen molar-refractivity contribution in [1.82, 2.24) is 5.32 Å². The quantitative estimate of drug-likeness (QED) is 0.888. The third-order valence-electron chi connectivity index (χ3n) is 3.53. The van der Waals surface area contributed by atoms with Gasteiger partial charge in [-0.2, -0.15) is 0 Å². The summed E-state index contributed by atoms with van der Waals surface area (Å²) in [6.45, 7) is 5.67. The maximum absolute atomic E-state index is 3.60. The number of rotatable bonds is 4. The summed E-state index contributed by atoms with van der Waals surface area (Å²) in [4.78, 5) is 1.38. The van der Waals surface area contributed by atoms with Crippen LogP contribution < -0.4 is 5.32 Å². The van der Waals surface area contributed by atoms with E-state index in [1.807, 2.05) is 11.8 Å². The largest absolute Gasteiger partial charge is 0.314 e. The molecule has 0 radical (unpaired) electrons. The van der Waals surface area contributed by atoms with Crippen molar-refractivity contribution in [2.45, 2.75) is 42.9 Å². The van der Waals surface area contributed by atoms with Gasteiger partial charge >= 0.3 is 0 Å². The second kappa shape index (κ2) is 6.26. The van der Waals surface area contributed by atoms with E-state index in [4.69, 9.17) is 0 Å². The van der Waals surface area contributed by atoms with E-state index < -0.39 is 0 Å². The van der Waals surface area contributed by atoms with Crippen molar-refractivity contribution in [3.05, 3.63) is 28.7 Å². The summed E-state index contributed by atoms with van der Waals surface area (Å²) in [6.07, 6.45) is 2.65. The first-order valence-corrected chi connectivity index (χ1v) is 8.03. The summed E-state index contributed by atoms with van der Waals surface area (Å²) in [6, 6.07) is 9.35. The van der Waals surface area contributed by atoms with E-state index in [-0.39, 0.29) is 0 Å². The van der Waals surface area contributed by atoms with Gasteiger partial charge < -0.3 is 5.32 Å². The molecule has 3 heteroatoms. The van der Waals surface area contributed by atoms with E-state index in [1.54, 1.807) is 0 Å². The summed E-state index contributed by atoms with van der Waals surface area (Å²) in [5.41, 5.74) is 0. The van der Waals surface area contributed by atoms with Gasteiger partial charge in [-0.15, -0.1) is 11.8 Å². The fourth-order valence-electron chi connectivity index (χ4n) is 2.56. The SMILES string of the molecule is CCNC1CCC(Sc2cccc(Br)c2)C1C. The lowest BCUT2D eigenvalue weighted by molar-refractivity contribution is 0.441. The van der Waals surface area contributed by atoms with Gasteiger partial charge in [0.2, 0.25) is 0 Å². The first-order chi connectivity index (χ1) is 8.20. The van der Waals surface area contributed by atoms with Crippen LogP contribution in [-0.4, -0.2) is 17.8 Å². The van der Waals surface area contributed by atoms with Crippen molar-refractivity contribution in [2.75, 3.05) is 6.54 Å². The van der Waals surface area contributed by atoms with Crippen LogP contribution in [0, 0.1) is 5.92 Å². The highest BCUT2D eigenvalue weighted by Gasteiger charge is 2.32. The molecule has 2 rings (SSSR count). The maximum atomic E-state index is 3.60. The van der Waals surface area contributed by atoms with E-state index in [0.717, 1.165) is 17.7 Å². The Morgan fingerprint density at radius 1 is 1.41 bits per heavy atom. The number of hydrogen-bond donors (Lipinski definition) is 1. The van der Waals surface area contributed by atoms with Gasteiger partial charge in [-0.05, 0) is 43.5 Å². The molecule has 1 aliphatic carbocycles. The van der Waals surface area contributed by atoms with Gasteiger partial charge in [-0.1, -0.05) is 35.8 Å². The summed E-state index contributed by atoms with van der Waals surface area (Å²) in [7, 11) is 0. The monoisotopic (exact) mass is 313 g/mol. The summed E-state index contributed by atoms with van der Waals surface area (Å²) >= 11 is 5.57. The highest BCUT2D eigenvalue weighted by atomic mass is 79.9. The molecule has 1 N–H and O–H groups in total. The Labute approximate surface area is 117 Å². The molecule has 17 heavy (non-hydrogen) atoms. The lowest BCUT2D eigenvalue weighted by Gasteiger charge is -2.21. The number of thioether (sulfide) groups is 1. The second-order valence-electron chi connectivity index (χ2n) is 4.71. The van der Waals surface area contributed by atoms with Crippen LogP contribution in [0.3, 0.4) is 0 Å². The number of nitrogens with one attached hydrogen (secondary N) is 1. The predicted octanol–water partition coefficient (Wildman–Crippen LogP) is 4.32. The van der Waals surface area contributed by atoms with Gasteiger partial charge in [0, 0.05) is 20.7 Å². The lowest BCUT2D eigenvalue weighted by Crippen LogP contribution is -2.32. The third kappa shape index (κ3) is 3.49. The number of hydrogen-bond acceptors (Lipinski definition) is 2. The molecule has 0 aliphatic heterocycles. The van der Waals surface area contributed by atoms with E-state index in [9.17, 15) is 0 Å². The van der Waals surface area contributed by atoms with E-state index in [0.29, 0.717) is 6.04 Å². The van der Waals surface area contributed by atoms with Crippen molar-refractivity contribution in [1.29, 1.82) is 0 Å². The second-order valence-corrected chi connectivity index (χ2v) is 6.94. The van der Waals surface area contributed by atoms with Gasteiger partial charge in [0.1, 0.15) is 0 Å². The molecule has 0 saturated heterocycles. The lowest BCUT2D eigenvalue weighted by atomic mass is 10.1. The van der Waals surface area contributed by atoms with Crippen LogP contribution >= 0.6 is 27.7 Å². The Balaban J connectivity index is 1.96. The summed E-state index contributed by atoms with van der Waals surface area (Å²) in [5, 5.41) is 4.36. The van der Waals surface area contributed by atoms with Gasteiger partial charge in [-0.3, -0.25) is 0 Å². The van der Waals surface area contributed by atoms with E-state index in [1.165, 1.54) is 22.2 Å². The molecule has 1 aromatic carbocycles. The zero-order chi connectivity index (χ0) is 12.3. The Hall–Kier alpha value is 0.01000. The molecule has 0 amide bonds. The van der Waals surface area contributed by atoms with E-state index >= 15 is 0 Å². The average Bonchev–Trinajstić information content (AvgIpc) is 2.62. The zero-order valence-corrected chi connectivity index (χ0v) is 12.9. The van der Waals surface area contributed by atoms with Crippen LogP contribution in [0.4, 0.5) is 0 Å². The smallest absolute Gasteiger partial charge is 0.0186 e. The normalized spacial score (nSPS) is 28.5. The van der Waals surface area contributed by atoms with Crippen molar-refractivity contribution in [3.63, 3.8) is 0 Å². The fraction of sp³-hybridized carbons (Fsp3) is 0.571. The molecule has 1 nitrogen and oxygen atoms in total. The van der Waals surface area contributed by atoms with Crippen LogP contribution in [-0.2, 0) is 0 Å². The highest BCUT2D eigenvalue weighted by Crippen LogP contribution is 2.39. The molecule has 1 saturated carbocycles. The molecule has 0 spiro atoms. The van der Waals surface area contributed by atoms with Crippen molar-refractivity contribution >= 4 is 27.7 Å². The Bertz CT molecular complexity index is 369. The average molecular weight is 314 g/mol. The standard InChI is InChI=1S/C14H20BrNS/c1-3-16-13-7-8-14(10(13)2)17-12-6-4-5-11(15)9-12/h4-6,9-10,13-14,16H,3,7-8H2,1-2H3. The van der Waals surface area contributed by atoms with Gasteiger partial charge in [-0.25, -0.2) is 0 Å². The van der Waals surface area contributed by atoms with Crippen molar-refractivity contribution in [2.24, 2.45) is 5.92 Å². The van der Waals surface area contributed by atoms with Crippen molar-refractivity contribution in [3.8, 4) is 0 Å². The molecule has 1 aliphatic rings. The first-order valence-electron chi connectivity index (χ1n) is 6.36. The van der Waals surface area contributed by atoms with Crippen LogP contribution in [0.1, 0.15) is 26.7 Å². The molecule has 94 valence electrons. The Morgan fingerprint density at radius 3 is 2.94 bits per heavy atom. The molecular formula is C14H20BrNS. The highest BCUT2D eigenvalue weighted by molar-refractivity contribution is 9.10. The number of benzene rings is 1. The van der Waals surface area contributed by atoms with Crippen LogP contribution in [0.5, 0.6) is 0 Å². The summed E-state index contributed by atoms with van der Waals surface area (Å²) in [5.74, 6) is 0.763. The minimum atomic E-state index is 0.713. The van der Waals surface area contributed by atoms with E-state index in [2.05, 4.69) is 59.4 Å². The van der Waals surface area contributed by atoms with Crippen LogP contribution in [0.15, 0.2) is 33.6 Å². The molecular weight excluding hydrogens is 294 g/mol. The molecule has 3 atom stereocenters. The minimum absolute atomic E-state index is 0.713. The Morgan fingerprint density at radius 2 is 2.24 bits per heavy atom. The molecule has 1 aromatic rings. The molecule has 0 aromatic heterocycles. The first kappa shape index (κ1) is 13.4. The third-order valence-corrected chi connectivity index (χ3v) is 5.52. The predicted molar refractivity (Wildman–Crippen MR) is 79.6 cm³/mol. The molecule has 0 heterocycles. The zero-order valence-electron chi connectivity index (χ0n) is 10.4. The fourth-order valence-corrected chi connectivity index (χ4v) is 4.47. The van der Waals surface area contributed by atoms with Crippen LogP contribution in [0.2, 0.25) is 0 Å². The minimum Gasteiger partial charge on any atom is -0.314 e. The van der Waals surface area contributed by atoms with Gasteiger partial charge in [0.05, 0.1) is 0 Å². The topological polar surface area (TPSA) is 12.0 Å².